The van der Waals surface area contributed by atoms with Gasteiger partial charge in [-0.05, 0) is 44.7 Å². The number of nitrogens with zero attached hydrogens (tertiary/aromatic N) is 4. The van der Waals surface area contributed by atoms with Crippen molar-refractivity contribution < 1.29 is 88.1 Å². The van der Waals surface area contributed by atoms with E-state index in [1.807, 2.05) is 6.92 Å². The number of aliphatic carboxylic acids is 2. The van der Waals surface area contributed by atoms with E-state index in [4.69, 9.17) is 22.2 Å². The number of carboxylic acid groups (broad SMARTS) is 2. The number of aromatic nitrogens is 1. The number of phenols is 2. The Bertz CT molecular complexity index is 2260. The van der Waals surface area contributed by atoms with Gasteiger partial charge in [0, 0.05) is 53.9 Å². The number of nitrogens with one attached hydrogen (secondary N) is 1. The first-order valence-corrected chi connectivity index (χ1v) is 20.7. The minimum Gasteiger partial charge on any atom is -0.546 e. The number of hydrogen-bond donors (Lipinski definition) is 4. The van der Waals surface area contributed by atoms with Crippen LogP contribution in [0.15, 0.2) is 39.5 Å². The van der Waals surface area contributed by atoms with Gasteiger partial charge in [0.25, 0.3) is 11.8 Å². The van der Waals surface area contributed by atoms with Crippen molar-refractivity contribution in [2.24, 2.45) is 11.1 Å². The summed E-state index contributed by atoms with van der Waals surface area (Å²) in [6.45, 7) is 4.49. The van der Waals surface area contributed by atoms with Crippen molar-refractivity contribution >= 4 is 80.9 Å². The van der Waals surface area contributed by atoms with Gasteiger partial charge < -0.3 is 50.4 Å². The molecule has 0 saturated carbocycles. The summed E-state index contributed by atoms with van der Waals surface area (Å²) in [5.41, 5.74) is 4.05. The first kappa shape index (κ1) is 44.6. The van der Waals surface area contributed by atoms with E-state index in [1.54, 1.807) is 0 Å². The van der Waals surface area contributed by atoms with Gasteiger partial charge in [-0.25, -0.2) is 4.98 Å². The number of carbonyl (C=O) groups is 6. The van der Waals surface area contributed by atoms with Gasteiger partial charge in [0.1, 0.15) is 23.7 Å². The van der Waals surface area contributed by atoms with Crippen molar-refractivity contribution in [1.82, 2.24) is 15.2 Å². The zero-order chi connectivity index (χ0) is 42.2. The standard InChI is InChI=1S/C38H41ClN6O11S2.Na/c1-15-21(13-45(4)18-6-7-19(45)10-16(9-18)11-23(46)20-8-5-17-12-24(47)31(49)26(39)25(17)30(20)48)29(35(52)53)44-33(51)28(34(44)58-15)42-32(50)27(22-14-57-37(40)41-22)43-56-38(2,3)36(54)55;/h8,12,14-16,18-19,28,34H,5-7,9-11,13H2,1-4H3,(H6-,40,41,42,43,47,48,49,50,52,53,54,55);/q;+1/p-1/t15-,16?,18-,19+,28+,34+,45?;/m0./s1. The summed E-state index contributed by atoms with van der Waals surface area (Å²) in [5, 5.41) is 50.7. The summed E-state index contributed by atoms with van der Waals surface area (Å²) < 4.78 is 0.501. The Hall–Kier alpha value is -3.98. The number of thiazole rings is 1. The molecular weight excluding hydrogens is 839 g/mol. The zero-order valence-corrected chi connectivity index (χ0v) is 37.2. The molecular formula is C38H40ClN6NaO11S2. The Kier molecular flexibility index (Phi) is 12.4. The smallest absolute Gasteiger partial charge is 0.546 e. The number of β-lactam (4-membered cyclic amide) rings is 1. The third kappa shape index (κ3) is 7.90. The number of allylic oxidation sites excluding steroid dienone is 2. The SMILES string of the molecule is C[C@@H]1S[C@@H]2[C@H](NC(=O)/C(=N\OC(C)(C)C(=O)[O-])c3csc(N)n3)C(=O)N2C(C(=O)[O-])=C1C[N+]1(C)[C@@H]2CC[C@H]1CC(CC(=O)C1=CCc3cc(O)c(O)c(Cl)c3C1=O)C2.[Na+]. The number of phenolic OH excluding ortho intramolecular Hbond substituents is 2. The molecule has 2 bridgehead atoms. The number of fused-ring (bicyclic) bond motifs is 4. The fourth-order valence-corrected chi connectivity index (χ4v) is 11.1. The van der Waals surface area contributed by atoms with Crippen LogP contribution in [-0.4, -0.2) is 114 Å². The average molecular weight is 879 g/mol. The second-order valence-corrected chi connectivity index (χ2v) is 18.7. The maximum absolute atomic E-state index is 13.7. The van der Waals surface area contributed by atoms with Gasteiger partial charge in [0.15, 0.2) is 39.5 Å². The van der Waals surface area contributed by atoms with Gasteiger partial charge in [-0.3, -0.25) is 24.1 Å². The molecule has 21 heteroatoms. The number of Topliss-reactive ketones (excluding diaryl/α,β-unsaturated/α-hetero) is 2. The van der Waals surface area contributed by atoms with Gasteiger partial charge in [-0.2, -0.15) is 0 Å². The molecule has 2 unspecified atom stereocenters. The molecule has 17 nitrogen and oxygen atoms in total. The van der Waals surface area contributed by atoms with Crippen LogP contribution in [0.3, 0.4) is 0 Å². The topological polar surface area (TPSA) is 265 Å². The second-order valence-electron chi connectivity index (χ2n) is 16.0. The summed E-state index contributed by atoms with van der Waals surface area (Å²) >= 11 is 8.50. The molecule has 1 aromatic heterocycles. The van der Waals surface area contributed by atoms with Crippen molar-refractivity contribution in [1.29, 1.82) is 0 Å². The van der Waals surface area contributed by atoms with Crippen LogP contribution in [0.1, 0.15) is 74.5 Å². The van der Waals surface area contributed by atoms with Crippen molar-refractivity contribution in [2.75, 3.05) is 19.3 Å². The van der Waals surface area contributed by atoms with Crippen LogP contribution in [0.2, 0.25) is 5.02 Å². The van der Waals surface area contributed by atoms with Gasteiger partial charge in [-0.1, -0.05) is 22.8 Å². The summed E-state index contributed by atoms with van der Waals surface area (Å²) in [6.07, 6.45) is 4.84. The van der Waals surface area contributed by atoms with E-state index in [-0.39, 0.29) is 98.9 Å². The molecule has 0 radical (unpaired) electrons. The van der Waals surface area contributed by atoms with Crippen LogP contribution >= 0.6 is 34.7 Å². The number of halogens is 1. The van der Waals surface area contributed by atoms with Gasteiger partial charge in [0.2, 0.25) is 0 Å². The molecule has 0 spiro atoms. The summed E-state index contributed by atoms with van der Waals surface area (Å²) in [4.78, 5) is 88.8. The number of thioether (sulfide) groups is 1. The predicted octanol–water partition coefficient (Wildman–Crippen LogP) is -2.45. The molecule has 7 atom stereocenters. The monoisotopic (exact) mass is 878 g/mol. The third-order valence-electron chi connectivity index (χ3n) is 12.0. The maximum Gasteiger partial charge on any atom is 1.00 e. The van der Waals surface area contributed by atoms with Crippen LogP contribution in [0.4, 0.5) is 5.13 Å². The van der Waals surface area contributed by atoms with Crippen LogP contribution in [-0.2, 0) is 35.2 Å². The number of hydrogen-bond acceptors (Lipinski definition) is 16. The predicted molar refractivity (Wildman–Crippen MR) is 206 cm³/mol. The van der Waals surface area contributed by atoms with E-state index in [2.05, 4.69) is 22.5 Å². The molecule has 2 amide bonds. The number of piperidine rings is 1. The zero-order valence-electron chi connectivity index (χ0n) is 32.8. The number of nitrogens with two attached hydrogens (primary N) is 1. The Labute approximate surface area is 373 Å². The van der Waals surface area contributed by atoms with Crippen LogP contribution in [0.25, 0.3) is 0 Å². The van der Waals surface area contributed by atoms with E-state index in [1.165, 1.54) is 43.1 Å². The molecule has 1 aromatic carbocycles. The summed E-state index contributed by atoms with van der Waals surface area (Å²) in [5.74, 6) is -6.77. The number of carboxylic acids is 2. The number of nitrogen functional groups attached to an aromatic ring is 1. The molecule has 7 rings (SSSR count). The average Bonchev–Trinajstić information content (AvgIpc) is 3.62. The Balaban J connectivity index is 0.00000585. The Morgan fingerprint density at radius 2 is 1.83 bits per heavy atom. The number of benzene rings is 1. The number of aromatic hydroxyl groups is 2. The molecule has 3 saturated heterocycles. The quantitative estimate of drug-likeness (QED) is 0.0328. The maximum atomic E-state index is 13.7. The molecule has 3 fully saturated rings. The Morgan fingerprint density at radius 3 is 2.42 bits per heavy atom. The van der Waals surface area contributed by atoms with Crippen molar-refractivity contribution in [3.63, 3.8) is 0 Å². The van der Waals surface area contributed by atoms with E-state index in [0.717, 1.165) is 29.1 Å². The number of carbonyl (C=O) groups excluding carboxylic acids is 6. The number of anilines is 1. The molecule has 5 N–H and O–H groups in total. The van der Waals surface area contributed by atoms with Crippen molar-refractivity contribution in [3.05, 3.63) is 56.2 Å². The van der Waals surface area contributed by atoms with Crippen LogP contribution in [0, 0.1) is 5.92 Å². The fourth-order valence-electron chi connectivity index (χ4n) is 8.84. The first-order valence-electron chi connectivity index (χ1n) is 18.5. The van der Waals surface area contributed by atoms with Crippen molar-refractivity contribution in [2.45, 2.75) is 93.6 Å². The number of ketones is 2. The number of amides is 2. The Morgan fingerprint density at radius 1 is 1.17 bits per heavy atom. The molecule has 2 aromatic rings. The van der Waals surface area contributed by atoms with Crippen molar-refractivity contribution in [3.8, 4) is 11.5 Å². The number of oxime groups is 1. The fraction of sp³-hybridized carbons (Fsp3) is 0.474. The number of likely N-dealkylation sites (N-methyl/N-ethyl adjacent to an activating group) is 1. The molecule has 4 aliphatic heterocycles. The second kappa shape index (κ2) is 16.5. The first-order chi connectivity index (χ1) is 27.2. The summed E-state index contributed by atoms with van der Waals surface area (Å²) in [7, 11) is 2.06. The van der Waals surface area contributed by atoms with E-state index in [9.17, 15) is 49.2 Å². The van der Waals surface area contributed by atoms with E-state index in [0.29, 0.717) is 35.0 Å². The molecule has 1 aliphatic carbocycles. The molecule has 5 heterocycles. The number of rotatable bonds is 12. The van der Waals surface area contributed by atoms with Gasteiger partial charge in [0.05, 0.1) is 47.4 Å². The normalized spacial score (nSPS) is 27.5. The minimum atomic E-state index is -1.92. The third-order valence-corrected chi connectivity index (χ3v) is 14.5. The molecule has 5 aliphatic rings. The number of quaternary nitrogens is 1. The van der Waals surface area contributed by atoms with Crippen LogP contribution in [0.5, 0.6) is 11.5 Å². The van der Waals surface area contributed by atoms with E-state index >= 15 is 0 Å². The van der Waals surface area contributed by atoms with Gasteiger partial charge in [-0.15, -0.1) is 23.1 Å². The van der Waals surface area contributed by atoms with E-state index < -0.39 is 69.0 Å². The van der Waals surface area contributed by atoms with Gasteiger partial charge >= 0.3 is 29.6 Å². The molecule has 308 valence electrons. The largest absolute Gasteiger partial charge is 1.00 e. The summed E-state index contributed by atoms with van der Waals surface area (Å²) in [6, 6.07) is 0.221. The van der Waals surface area contributed by atoms with Crippen LogP contribution < -0.4 is 50.8 Å². The molecule has 59 heavy (non-hydrogen) atoms. The minimum absolute atomic E-state index is 0.